The molecule has 1 heterocycles. The monoisotopic (exact) mass is 286 g/mol. The number of rotatable bonds is 3. The van der Waals surface area contributed by atoms with E-state index in [9.17, 15) is 19.3 Å². The van der Waals surface area contributed by atoms with Crippen LogP contribution in [0.2, 0.25) is 5.02 Å². The van der Waals surface area contributed by atoms with Crippen molar-refractivity contribution in [3.63, 3.8) is 0 Å². The predicted molar refractivity (Wildman–Crippen MR) is 69.1 cm³/mol. The van der Waals surface area contributed by atoms with Crippen LogP contribution in [0.1, 0.15) is 19.3 Å². The first-order valence-electron chi connectivity index (χ1n) is 5.90. The van der Waals surface area contributed by atoms with Crippen molar-refractivity contribution >= 4 is 29.3 Å². The summed E-state index contributed by atoms with van der Waals surface area (Å²) in [5.74, 6) is -0.725. The van der Waals surface area contributed by atoms with Gasteiger partial charge < -0.3 is 9.69 Å². The number of aldehydes is 1. The zero-order valence-electron chi connectivity index (χ0n) is 10.0. The van der Waals surface area contributed by atoms with Crippen LogP contribution in [-0.2, 0) is 4.79 Å². The summed E-state index contributed by atoms with van der Waals surface area (Å²) < 4.78 is 13.5. The van der Waals surface area contributed by atoms with Gasteiger partial charge in [0.2, 0.25) is 0 Å². The van der Waals surface area contributed by atoms with Gasteiger partial charge in [0.05, 0.1) is 16.0 Å². The van der Waals surface area contributed by atoms with Crippen LogP contribution < -0.4 is 4.90 Å². The molecule has 19 heavy (non-hydrogen) atoms. The van der Waals surface area contributed by atoms with Crippen molar-refractivity contribution in [2.75, 3.05) is 11.4 Å². The molecule has 5 nitrogen and oxygen atoms in total. The Morgan fingerprint density at radius 3 is 2.84 bits per heavy atom. The summed E-state index contributed by atoms with van der Waals surface area (Å²) in [4.78, 5) is 23.0. The number of hydrogen-bond acceptors (Lipinski definition) is 4. The number of nitrogens with zero attached hydrogens (tertiary/aromatic N) is 2. The van der Waals surface area contributed by atoms with E-state index in [1.165, 1.54) is 0 Å². The molecule has 1 aliphatic rings. The van der Waals surface area contributed by atoms with Crippen LogP contribution in [0, 0.1) is 15.9 Å². The Hall–Kier alpha value is -1.69. The third kappa shape index (κ3) is 2.68. The molecule has 0 aromatic heterocycles. The molecular weight excluding hydrogens is 275 g/mol. The third-order valence-corrected chi connectivity index (χ3v) is 3.52. The quantitative estimate of drug-likeness (QED) is 0.487. The van der Waals surface area contributed by atoms with Gasteiger partial charge in [0.15, 0.2) is 0 Å². The molecule has 1 aromatic rings. The van der Waals surface area contributed by atoms with Crippen molar-refractivity contribution in [1.29, 1.82) is 0 Å². The van der Waals surface area contributed by atoms with Crippen molar-refractivity contribution < 1.29 is 14.1 Å². The maximum absolute atomic E-state index is 13.5. The first-order valence-corrected chi connectivity index (χ1v) is 6.27. The van der Waals surface area contributed by atoms with E-state index in [4.69, 9.17) is 11.6 Å². The number of carbonyl (C=O) groups is 1. The fourth-order valence-electron chi connectivity index (χ4n) is 2.30. The first-order chi connectivity index (χ1) is 9.04. The summed E-state index contributed by atoms with van der Waals surface area (Å²) >= 11 is 5.57. The first kappa shape index (κ1) is 13.7. The summed E-state index contributed by atoms with van der Waals surface area (Å²) in [6.07, 6.45) is 3.05. The van der Waals surface area contributed by atoms with Gasteiger partial charge in [-0.2, -0.15) is 0 Å². The zero-order chi connectivity index (χ0) is 14.0. The predicted octanol–water partition coefficient (Wildman–Crippen LogP) is 2.95. The SMILES string of the molecule is O=CC1CCCCN1c1cc(F)c(Cl)cc1[N+](=O)[O-]. The minimum absolute atomic E-state index is 0.115. The van der Waals surface area contributed by atoms with Crippen LogP contribution in [0.5, 0.6) is 0 Å². The maximum Gasteiger partial charge on any atom is 0.294 e. The Morgan fingerprint density at radius 2 is 2.21 bits per heavy atom. The molecule has 1 unspecified atom stereocenters. The average Bonchev–Trinajstić information content (AvgIpc) is 2.41. The highest BCUT2D eigenvalue weighted by molar-refractivity contribution is 6.31. The molecular formula is C12H12ClFN2O3. The Bertz CT molecular complexity index is 524. The minimum Gasteiger partial charge on any atom is -0.356 e. The standard InChI is InChI=1S/C12H12ClFN2O3/c13-9-5-12(16(18)19)11(6-10(9)14)15-4-2-1-3-8(15)7-17/h5-8H,1-4H2. The van der Waals surface area contributed by atoms with Crippen LogP contribution in [-0.4, -0.2) is 23.8 Å². The van der Waals surface area contributed by atoms with Crippen LogP contribution >= 0.6 is 11.6 Å². The second-order valence-electron chi connectivity index (χ2n) is 4.40. The van der Waals surface area contributed by atoms with Crippen LogP contribution in [0.3, 0.4) is 0 Å². The van der Waals surface area contributed by atoms with Crippen molar-refractivity contribution in [1.82, 2.24) is 0 Å². The van der Waals surface area contributed by atoms with E-state index < -0.39 is 16.8 Å². The molecule has 0 N–H and O–H groups in total. The molecule has 1 atom stereocenters. The van der Waals surface area contributed by atoms with E-state index in [0.29, 0.717) is 13.0 Å². The minimum atomic E-state index is -0.725. The highest BCUT2D eigenvalue weighted by atomic mass is 35.5. The smallest absolute Gasteiger partial charge is 0.294 e. The Labute approximate surface area is 114 Å². The van der Waals surface area contributed by atoms with Gasteiger partial charge in [-0.15, -0.1) is 0 Å². The van der Waals surface area contributed by atoms with Crippen LogP contribution in [0.15, 0.2) is 12.1 Å². The zero-order valence-corrected chi connectivity index (χ0v) is 10.8. The van der Waals surface area contributed by atoms with Crippen LogP contribution in [0.4, 0.5) is 15.8 Å². The molecule has 0 amide bonds. The molecule has 0 aliphatic carbocycles. The van der Waals surface area contributed by atoms with Crippen LogP contribution in [0.25, 0.3) is 0 Å². The number of piperidine rings is 1. The number of halogens is 2. The molecule has 1 fully saturated rings. The second-order valence-corrected chi connectivity index (χ2v) is 4.81. The van der Waals surface area contributed by atoms with E-state index in [1.54, 1.807) is 4.90 Å². The van der Waals surface area contributed by atoms with E-state index in [0.717, 1.165) is 31.3 Å². The van der Waals surface area contributed by atoms with Gasteiger partial charge in [0.25, 0.3) is 5.69 Å². The second kappa shape index (κ2) is 5.52. The van der Waals surface area contributed by atoms with E-state index in [1.807, 2.05) is 0 Å². The van der Waals surface area contributed by atoms with Gasteiger partial charge in [-0.1, -0.05) is 11.6 Å². The van der Waals surface area contributed by atoms with Crippen molar-refractivity contribution in [3.05, 3.63) is 33.1 Å². The molecule has 102 valence electrons. The molecule has 1 aromatic carbocycles. The van der Waals surface area contributed by atoms with Gasteiger partial charge >= 0.3 is 0 Å². The summed E-state index contributed by atoms with van der Waals surface area (Å²) in [7, 11) is 0. The molecule has 0 radical (unpaired) electrons. The largest absolute Gasteiger partial charge is 0.356 e. The number of anilines is 1. The normalized spacial score (nSPS) is 19.3. The third-order valence-electron chi connectivity index (χ3n) is 3.23. The fourth-order valence-corrected chi connectivity index (χ4v) is 2.46. The summed E-state index contributed by atoms with van der Waals surface area (Å²) in [6, 6.07) is 1.57. The Balaban J connectivity index is 2.50. The maximum atomic E-state index is 13.5. The lowest BCUT2D eigenvalue weighted by molar-refractivity contribution is -0.384. The molecule has 0 spiro atoms. The summed E-state index contributed by atoms with van der Waals surface area (Å²) in [6.45, 7) is 0.491. The molecule has 1 saturated heterocycles. The lowest BCUT2D eigenvalue weighted by Crippen LogP contribution is -2.41. The summed E-state index contributed by atoms with van der Waals surface area (Å²) in [5.41, 5.74) is -0.163. The molecule has 7 heteroatoms. The van der Waals surface area contributed by atoms with Gasteiger partial charge in [-0.05, 0) is 19.3 Å². The van der Waals surface area contributed by atoms with E-state index in [-0.39, 0.29) is 16.4 Å². The van der Waals surface area contributed by atoms with Gasteiger partial charge in [-0.25, -0.2) is 4.39 Å². The molecule has 0 saturated carbocycles. The van der Waals surface area contributed by atoms with Crippen molar-refractivity contribution in [2.24, 2.45) is 0 Å². The van der Waals surface area contributed by atoms with E-state index in [2.05, 4.69) is 0 Å². The number of nitro groups is 1. The highest BCUT2D eigenvalue weighted by Gasteiger charge is 2.29. The highest BCUT2D eigenvalue weighted by Crippen LogP contribution is 2.36. The lowest BCUT2D eigenvalue weighted by atomic mass is 10.0. The average molecular weight is 287 g/mol. The molecule has 0 bridgehead atoms. The number of benzene rings is 1. The fraction of sp³-hybridized carbons (Fsp3) is 0.417. The number of hydrogen-bond donors (Lipinski definition) is 0. The lowest BCUT2D eigenvalue weighted by Gasteiger charge is -2.33. The van der Waals surface area contributed by atoms with Gasteiger partial charge in [-0.3, -0.25) is 10.1 Å². The summed E-state index contributed by atoms with van der Waals surface area (Å²) in [5, 5.41) is 10.7. The number of carbonyl (C=O) groups excluding carboxylic acids is 1. The topological polar surface area (TPSA) is 63.5 Å². The Kier molecular flexibility index (Phi) is 3.99. The van der Waals surface area contributed by atoms with Crippen molar-refractivity contribution in [3.8, 4) is 0 Å². The molecule has 1 aliphatic heterocycles. The number of nitro benzene ring substituents is 1. The van der Waals surface area contributed by atoms with Crippen molar-refractivity contribution in [2.45, 2.75) is 25.3 Å². The van der Waals surface area contributed by atoms with Gasteiger partial charge in [0, 0.05) is 18.7 Å². The van der Waals surface area contributed by atoms with Gasteiger partial charge in [0.1, 0.15) is 17.8 Å². The van der Waals surface area contributed by atoms with E-state index >= 15 is 0 Å². The molecule has 2 rings (SSSR count). The Morgan fingerprint density at radius 1 is 1.47 bits per heavy atom.